The van der Waals surface area contributed by atoms with Gasteiger partial charge in [0.1, 0.15) is 0 Å². The average Bonchev–Trinajstić information content (AvgIpc) is 2.36. The van der Waals surface area contributed by atoms with Crippen LogP contribution in [0.3, 0.4) is 0 Å². The zero-order valence-corrected chi connectivity index (χ0v) is 11.5. The van der Waals surface area contributed by atoms with E-state index in [9.17, 15) is 4.79 Å². The van der Waals surface area contributed by atoms with E-state index in [0.29, 0.717) is 0 Å². The Kier molecular flexibility index (Phi) is 11.5. The maximum atomic E-state index is 11.5. The van der Waals surface area contributed by atoms with E-state index in [4.69, 9.17) is 9.39 Å². The summed E-state index contributed by atoms with van der Waals surface area (Å²) < 4.78 is 9.77. The van der Waals surface area contributed by atoms with E-state index >= 15 is 0 Å². The van der Waals surface area contributed by atoms with Crippen LogP contribution in [0.1, 0.15) is 39.0 Å². The first-order valence-corrected chi connectivity index (χ1v) is 6.53. The number of unbranched alkanes of at least 4 members (excludes halogenated alkanes) is 1. The fraction of sp³-hybridized carbons (Fsp3) is 0.917. The summed E-state index contributed by atoms with van der Waals surface area (Å²) in [6.45, 7) is 4.67. The van der Waals surface area contributed by atoms with Gasteiger partial charge in [-0.2, -0.15) is 0 Å². The smallest absolute Gasteiger partial charge is 0.325 e. The number of carbonyl (C=O) groups excluding carboxylic acids is 1. The van der Waals surface area contributed by atoms with Crippen LogP contribution in [-0.2, 0) is 14.2 Å². The normalized spacial score (nSPS) is 12.4. The van der Waals surface area contributed by atoms with Crippen molar-refractivity contribution in [2.75, 3.05) is 26.8 Å². The molecule has 4 nitrogen and oxygen atoms in total. The predicted molar refractivity (Wildman–Crippen MR) is 71.6 cm³/mol. The molecule has 0 amide bonds. The van der Waals surface area contributed by atoms with E-state index in [2.05, 4.69) is 12.2 Å². The Morgan fingerprint density at radius 1 is 1.29 bits per heavy atom. The molecule has 0 saturated carbocycles. The first kappa shape index (κ1) is 16.5. The van der Waals surface area contributed by atoms with E-state index in [-0.39, 0.29) is 11.9 Å². The van der Waals surface area contributed by atoms with E-state index in [0.717, 1.165) is 51.8 Å². The number of nitrogens with one attached hydrogen (secondary N) is 1. The minimum atomic E-state index is -0.0599. The molecule has 0 bridgehead atoms. The van der Waals surface area contributed by atoms with Crippen LogP contribution in [0.25, 0.3) is 0 Å². The summed E-state index contributed by atoms with van der Waals surface area (Å²) in [6, 6.07) is 0. The van der Waals surface area contributed by atoms with Crippen LogP contribution in [0.5, 0.6) is 0 Å². The molecule has 0 fully saturated rings. The highest BCUT2D eigenvalue weighted by molar-refractivity contribution is 6.05. The van der Waals surface area contributed by atoms with Crippen molar-refractivity contribution in [1.82, 2.24) is 5.32 Å². The van der Waals surface area contributed by atoms with Gasteiger partial charge in [-0.1, -0.05) is 19.8 Å². The van der Waals surface area contributed by atoms with Crippen molar-refractivity contribution in [2.45, 2.75) is 39.0 Å². The third-order valence-electron chi connectivity index (χ3n) is 2.83. The van der Waals surface area contributed by atoms with E-state index < -0.39 is 0 Å². The van der Waals surface area contributed by atoms with Crippen LogP contribution in [-0.4, -0.2) is 40.8 Å². The third-order valence-corrected chi connectivity index (χ3v) is 2.83. The number of hydrogen-bond acceptors (Lipinski definition) is 4. The Morgan fingerprint density at radius 2 is 2.00 bits per heavy atom. The highest BCUT2D eigenvalue weighted by Crippen LogP contribution is 2.16. The Balaban J connectivity index is 3.64. The molecular weight excluding hydrogens is 217 g/mol. The zero-order chi connectivity index (χ0) is 12.9. The highest BCUT2D eigenvalue weighted by atomic mass is 16.5. The fourth-order valence-electron chi connectivity index (χ4n) is 1.77. The zero-order valence-electron chi connectivity index (χ0n) is 11.5. The molecule has 5 heteroatoms. The molecule has 0 aliphatic rings. The molecule has 0 radical (unpaired) electrons. The Morgan fingerprint density at radius 3 is 2.59 bits per heavy atom. The van der Waals surface area contributed by atoms with Crippen molar-refractivity contribution in [3.63, 3.8) is 0 Å². The van der Waals surface area contributed by atoms with Gasteiger partial charge >= 0.3 is 8.05 Å². The molecule has 0 aliphatic heterocycles. The maximum Gasteiger partial charge on any atom is 0.325 e. The molecule has 0 aromatic heterocycles. The lowest BCUT2D eigenvalue weighted by molar-refractivity contribution is -0.139. The number of methoxy groups -OCH3 is 1. The average molecular weight is 243 g/mol. The summed E-state index contributed by atoms with van der Waals surface area (Å²) in [6.07, 6.45) is 5.08. The molecular formula is C12H26BNO3. The second kappa shape index (κ2) is 11.9. The Hall–Kier alpha value is -0.545. The van der Waals surface area contributed by atoms with Crippen molar-refractivity contribution >= 4 is 14.0 Å². The van der Waals surface area contributed by atoms with Crippen LogP contribution in [0, 0.1) is 5.92 Å². The first-order chi connectivity index (χ1) is 8.26. The molecule has 0 spiro atoms. The van der Waals surface area contributed by atoms with Gasteiger partial charge in [0.25, 0.3) is 5.97 Å². The van der Waals surface area contributed by atoms with Crippen LogP contribution in [0.2, 0.25) is 0 Å². The second-order valence-corrected chi connectivity index (χ2v) is 4.25. The minimum absolute atomic E-state index is 0.0599. The van der Waals surface area contributed by atoms with Crippen molar-refractivity contribution < 1.29 is 14.2 Å². The van der Waals surface area contributed by atoms with Gasteiger partial charge in [-0.3, -0.25) is 4.79 Å². The summed E-state index contributed by atoms with van der Waals surface area (Å²) in [5, 5.41) is 3.28. The molecule has 0 heterocycles. The van der Waals surface area contributed by atoms with Gasteiger partial charge in [-0.25, -0.2) is 0 Å². The van der Waals surface area contributed by atoms with Crippen molar-refractivity contribution in [3.05, 3.63) is 0 Å². The van der Waals surface area contributed by atoms with E-state index in [1.807, 2.05) is 0 Å². The topological polar surface area (TPSA) is 47.6 Å². The summed E-state index contributed by atoms with van der Waals surface area (Å²) in [5.74, 6) is 0.0134. The molecule has 100 valence electrons. The molecule has 17 heavy (non-hydrogen) atoms. The summed E-state index contributed by atoms with van der Waals surface area (Å²) >= 11 is 0. The van der Waals surface area contributed by atoms with E-state index in [1.54, 1.807) is 7.11 Å². The lowest BCUT2D eigenvalue weighted by Gasteiger charge is -2.14. The minimum Gasteiger partial charge on any atom is -0.543 e. The van der Waals surface area contributed by atoms with Crippen LogP contribution in [0.15, 0.2) is 0 Å². The highest BCUT2D eigenvalue weighted by Gasteiger charge is 2.17. The van der Waals surface area contributed by atoms with Crippen molar-refractivity contribution in [1.29, 1.82) is 0 Å². The molecule has 1 N–H and O–H groups in total. The van der Waals surface area contributed by atoms with Gasteiger partial charge in [0, 0.05) is 13.7 Å². The monoisotopic (exact) mass is 243 g/mol. The van der Waals surface area contributed by atoms with Gasteiger partial charge < -0.3 is 14.7 Å². The number of hydrogen-bond donors (Lipinski definition) is 1. The van der Waals surface area contributed by atoms with Gasteiger partial charge in [0.05, 0.1) is 12.5 Å². The van der Waals surface area contributed by atoms with Gasteiger partial charge in [-0.15, -0.1) is 0 Å². The van der Waals surface area contributed by atoms with Gasteiger partial charge in [-0.05, 0) is 25.8 Å². The molecule has 1 unspecified atom stereocenters. The summed E-state index contributed by atoms with van der Waals surface area (Å²) in [4.78, 5) is 11.5. The molecule has 0 aromatic carbocycles. The van der Waals surface area contributed by atoms with Crippen LogP contribution >= 0.6 is 0 Å². The quantitative estimate of drug-likeness (QED) is 0.432. The molecule has 0 aliphatic carbocycles. The Labute approximate surface area is 106 Å². The summed E-state index contributed by atoms with van der Waals surface area (Å²) in [5.41, 5.74) is 0. The van der Waals surface area contributed by atoms with E-state index in [1.165, 1.54) is 8.05 Å². The second-order valence-electron chi connectivity index (χ2n) is 4.25. The van der Waals surface area contributed by atoms with Gasteiger partial charge in [0.2, 0.25) is 0 Å². The van der Waals surface area contributed by atoms with Crippen molar-refractivity contribution in [3.8, 4) is 0 Å². The van der Waals surface area contributed by atoms with Crippen LogP contribution in [0.4, 0.5) is 0 Å². The predicted octanol–water partition coefficient (Wildman–Crippen LogP) is 0.900. The SMILES string of the molecule is BOC(=O)C(CCCC)CCCNCCOC. The molecule has 1 atom stereocenters. The maximum absolute atomic E-state index is 11.5. The Bertz CT molecular complexity index is 191. The standard InChI is InChI=1S/C12H26BNO3/c1-3-4-6-11(12(15)17-13)7-5-8-14-9-10-16-2/h11,14H,3-10,13H2,1-2H3. The van der Waals surface area contributed by atoms with Crippen molar-refractivity contribution in [2.24, 2.45) is 5.92 Å². The van der Waals surface area contributed by atoms with Crippen LogP contribution < -0.4 is 5.32 Å². The lowest BCUT2D eigenvalue weighted by Crippen LogP contribution is -2.22. The summed E-state index contributed by atoms with van der Waals surface area (Å²) in [7, 11) is 3.16. The lowest BCUT2D eigenvalue weighted by atomic mass is 9.96. The first-order valence-electron chi connectivity index (χ1n) is 6.53. The number of carbonyl (C=O) groups is 1. The fourth-order valence-corrected chi connectivity index (χ4v) is 1.77. The van der Waals surface area contributed by atoms with Gasteiger partial charge in [0.15, 0.2) is 0 Å². The molecule has 0 aromatic rings. The largest absolute Gasteiger partial charge is 0.543 e. The third kappa shape index (κ3) is 9.18. The molecule has 0 rings (SSSR count). The number of rotatable bonds is 11. The number of ether oxygens (including phenoxy) is 1. The molecule has 0 saturated heterocycles.